The normalized spacial score (nSPS) is 14.1. The average molecular weight is 667 g/mol. The Morgan fingerprint density at radius 3 is 2.38 bits per heavy atom. The zero-order valence-electron chi connectivity index (χ0n) is 26.3. The highest BCUT2D eigenvalue weighted by atomic mass is 32.2. The molecule has 6 rings (SSSR count). The van der Waals surface area contributed by atoms with E-state index in [9.17, 15) is 9.59 Å². The fraction of sp³-hybridized carbons (Fsp3) is 0.229. The Balaban J connectivity index is 1.21. The summed E-state index contributed by atoms with van der Waals surface area (Å²) in [7, 11) is 3.07. The monoisotopic (exact) mass is 666 g/mol. The number of thioether (sulfide) groups is 1. The van der Waals surface area contributed by atoms with Gasteiger partial charge in [-0.15, -0.1) is 21.5 Å². The Kier molecular flexibility index (Phi) is 9.98. The summed E-state index contributed by atoms with van der Waals surface area (Å²) in [5.74, 6) is 1.27. The van der Waals surface area contributed by atoms with Crippen LogP contribution in [-0.2, 0) is 17.9 Å². The summed E-state index contributed by atoms with van der Waals surface area (Å²) in [6, 6.07) is 27.0. The lowest BCUT2D eigenvalue weighted by Gasteiger charge is -2.22. The smallest absolute Gasteiger partial charge is 0.253 e. The van der Waals surface area contributed by atoms with Crippen molar-refractivity contribution < 1.29 is 19.1 Å². The van der Waals surface area contributed by atoms with Crippen LogP contribution in [0.15, 0.2) is 101 Å². The van der Waals surface area contributed by atoms with E-state index in [2.05, 4.69) is 39.8 Å². The third-order valence-corrected chi connectivity index (χ3v) is 9.63. The number of nitrogens with zero attached hydrogens (tertiary/aromatic N) is 5. The molecule has 12 heteroatoms. The minimum Gasteiger partial charge on any atom is -0.497 e. The van der Waals surface area contributed by atoms with Crippen molar-refractivity contribution in [3.8, 4) is 11.5 Å². The molecule has 0 bridgehead atoms. The van der Waals surface area contributed by atoms with Gasteiger partial charge in [-0.05, 0) is 41.6 Å². The summed E-state index contributed by atoms with van der Waals surface area (Å²) < 4.78 is 12.6. The van der Waals surface area contributed by atoms with Crippen LogP contribution in [0.5, 0.6) is 11.5 Å². The number of thiophene rings is 1. The molecule has 2 amide bonds. The second-order valence-electron chi connectivity index (χ2n) is 10.9. The van der Waals surface area contributed by atoms with Crippen LogP contribution >= 0.6 is 23.1 Å². The standard InChI is InChI=1S/C35H34N6O4S2/c1-23-11-13-25(14-12-23)30-19-29(31-10-7-15-46-31)39-41(30)33(42)22-47-35-38-37-32(40(35)21-24-8-5-4-6-9-24)20-36-34(43)26-16-27(44-2)18-28(17-26)45-3/h4-18,30H,19-22H2,1-3H3,(H,36,43)/t30-/m0/s1. The van der Waals surface area contributed by atoms with Crippen molar-refractivity contribution in [1.82, 2.24) is 25.1 Å². The molecule has 0 fully saturated rings. The number of aryl methyl sites for hydroxylation is 1. The van der Waals surface area contributed by atoms with Gasteiger partial charge in [-0.25, -0.2) is 5.01 Å². The van der Waals surface area contributed by atoms with E-state index in [1.807, 2.05) is 59.3 Å². The van der Waals surface area contributed by atoms with E-state index in [1.165, 1.54) is 26.0 Å². The van der Waals surface area contributed by atoms with Crippen molar-refractivity contribution >= 4 is 40.6 Å². The van der Waals surface area contributed by atoms with E-state index in [-0.39, 0.29) is 30.2 Å². The zero-order valence-corrected chi connectivity index (χ0v) is 27.9. The van der Waals surface area contributed by atoms with Crippen molar-refractivity contribution in [2.45, 2.75) is 37.6 Å². The molecule has 0 spiro atoms. The number of methoxy groups -OCH3 is 2. The molecule has 1 aliphatic rings. The Morgan fingerprint density at radius 1 is 0.957 bits per heavy atom. The van der Waals surface area contributed by atoms with Gasteiger partial charge in [-0.2, -0.15) is 5.10 Å². The Morgan fingerprint density at radius 2 is 1.70 bits per heavy atom. The lowest BCUT2D eigenvalue weighted by atomic mass is 10.00. The number of carbonyl (C=O) groups is 2. The van der Waals surface area contributed by atoms with Gasteiger partial charge in [0.05, 0.1) is 49.7 Å². The predicted octanol–water partition coefficient (Wildman–Crippen LogP) is 6.11. The first-order valence-corrected chi connectivity index (χ1v) is 16.9. The topological polar surface area (TPSA) is 111 Å². The summed E-state index contributed by atoms with van der Waals surface area (Å²) in [5.41, 5.74) is 4.54. The highest BCUT2D eigenvalue weighted by molar-refractivity contribution is 7.99. The van der Waals surface area contributed by atoms with Gasteiger partial charge in [0.2, 0.25) is 0 Å². The number of rotatable bonds is 12. The van der Waals surface area contributed by atoms with Crippen LogP contribution in [0.2, 0.25) is 0 Å². The number of ether oxygens (including phenoxy) is 2. The molecular weight excluding hydrogens is 633 g/mol. The minimum atomic E-state index is -0.309. The molecule has 240 valence electrons. The first-order valence-electron chi connectivity index (χ1n) is 15.0. The summed E-state index contributed by atoms with van der Waals surface area (Å²) in [5, 5.41) is 20.8. The third kappa shape index (κ3) is 7.55. The fourth-order valence-electron chi connectivity index (χ4n) is 5.25. The first kappa shape index (κ1) is 32.0. The van der Waals surface area contributed by atoms with Gasteiger partial charge in [-0.1, -0.05) is 78.0 Å². The molecule has 47 heavy (non-hydrogen) atoms. The van der Waals surface area contributed by atoms with Crippen LogP contribution in [0.4, 0.5) is 0 Å². The highest BCUT2D eigenvalue weighted by Crippen LogP contribution is 2.35. The first-order chi connectivity index (χ1) is 22.9. The van der Waals surface area contributed by atoms with Crippen molar-refractivity contribution in [2.24, 2.45) is 5.10 Å². The number of nitrogens with one attached hydrogen (secondary N) is 1. The van der Waals surface area contributed by atoms with E-state index in [0.29, 0.717) is 41.0 Å². The molecule has 2 aromatic heterocycles. The van der Waals surface area contributed by atoms with Crippen LogP contribution in [-0.4, -0.2) is 57.3 Å². The number of amides is 2. The maximum Gasteiger partial charge on any atom is 0.253 e. The fourth-order valence-corrected chi connectivity index (χ4v) is 6.78. The number of benzene rings is 3. The highest BCUT2D eigenvalue weighted by Gasteiger charge is 2.33. The molecule has 0 saturated heterocycles. The largest absolute Gasteiger partial charge is 0.497 e. The zero-order chi connectivity index (χ0) is 32.8. The van der Waals surface area contributed by atoms with Crippen molar-refractivity contribution in [1.29, 1.82) is 0 Å². The molecule has 3 aromatic carbocycles. The Hall–Kier alpha value is -4.94. The number of hydrogen-bond acceptors (Lipinski definition) is 9. The lowest BCUT2D eigenvalue weighted by molar-refractivity contribution is -0.130. The molecule has 0 unspecified atom stereocenters. The summed E-state index contributed by atoms with van der Waals surface area (Å²) in [4.78, 5) is 28.0. The molecule has 1 N–H and O–H groups in total. The quantitative estimate of drug-likeness (QED) is 0.160. The number of hydrogen-bond donors (Lipinski definition) is 1. The second kappa shape index (κ2) is 14.7. The van der Waals surface area contributed by atoms with Gasteiger partial charge in [-0.3, -0.25) is 9.59 Å². The van der Waals surface area contributed by atoms with Crippen molar-refractivity contribution in [3.63, 3.8) is 0 Å². The van der Waals surface area contributed by atoms with E-state index in [0.717, 1.165) is 27.3 Å². The van der Waals surface area contributed by atoms with E-state index in [1.54, 1.807) is 34.5 Å². The molecular formula is C35H34N6O4S2. The number of aromatic nitrogens is 3. The molecule has 1 atom stereocenters. The van der Waals surface area contributed by atoms with Gasteiger partial charge in [0.1, 0.15) is 11.5 Å². The Labute approximate surface area is 281 Å². The molecule has 10 nitrogen and oxygen atoms in total. The van der Waals surface area contributed by atoms with Gasteiger partial charge in [0.25, 0.3) is 11.8 Å². The van der Waals surface area contributed by atoms with E-state index in [4.69, 9.17) is 14.6 Å². The Bertz CT molecular complexity index is 1850. The van der Waals surface area contributed by atoms with Crippen LogP contribution in [0.1, 0.15) is 50.2 Å². The van der Waals surface area contributed by atoms with Crippen molar-refractivity contribution in [2.75, 3.05) is 20.0 Å². The summed E-state index contributed by atoms with van der Waals surface area (Å²) >= 11 is 2.93. The predicted molar refractivity (Wildman–Crippen MR) is 183 cm³/mol. The summed E-state index contributed by atoms with van der Waals surface area (Å²) in [6.45, 7) is 2.65. The van der Waals surface area contributed by atoms with Gasteiger partial charge in [0, 0.05) is 18.1 Å². The number of carbonyl (C=O) groups excluding carboxylic acids is 2. The van der Waals surface area contributed by atoms with E-state index >= 15 is 0 Å². The second-order valence-corrected chi connectivity index (χ2v) is 12.8. The van der Waals surface area contributed by atoms with Crippen LogP contribution < -0.4 is 14.8 Å². The van der Waals surface area contributed by atoms with Crippen molar-refractivity contribution in [3.05, 3.63) is 123 Å². The van der Waals surface area contributed by atoms with Gasteiger partial charge in [0.15, 0.2) is 11.0 Å². The molecule has 3 heterocycles. The number of hydrazone groups is 1. The van der Waals surface area contributed by atoms with Gasteiger partial charge < -0.3 is 19.4 Å². The minimum absolute atomic E-state index is 0.118. The average Bonchev–Trinajstić information content (AvgIpc) is 3.88. The lowest BCUT2D eigenvalue weighted by Crippen LogP contribution is -2.28. The molecule has 0 radical (unpaired) electrons. The van der Waals surface area contributed by atoms with E-state index < -0.39 is 0 Å². The molecule has 1 aliphatic heterocycles. The van der Waals surface area contributed by atoms with Crippen LogP contribution in [0, 0.1) is 6.92 Å². The SMILES string of the molecule is COc1cc(OC)cc(C(=O)NCc2nnc(SCC(=O)N3N=C(c4cccs4)C[C@H]3c3ccc(C)cc3)n2Cc2ccccc2)c1. The van der Waals surface area contributed by atoms with Crippen LogP contribution in [0.25, 0.3) is 0 Å². The van der Waals surface area contributed by atoms with Crippen LogP contribution in [0.3, 0.4) is 0 Å². The molecule has 0 saturated carbocycles. The van der Waals surface area contributed by atoms with Gasteiger partial charge >= 0.3 is 0 Å². The maximum atomic E-state index is 13.8. The molecule has 0 aliphatic carbocycles. The molecule has 5 aromatic rings. The summed E-state index contributed by atoms with van der Waals surface area (Å²) in [6.07, 6.45) is 0.646. The maximum absolute atomic E-state index is 13.8. The third-order valence-electron chi connectivity index (χ3n) is 7.76.